The first-order chi connectivity index (χ1) is 10.4. The van der Waals surface area contributed by atoms with Crippen molar-refractivity contribution in [3.05, 3.63) is 34.9 Å². The minimum atomic E-state index is -2.88. The maximum atomic E-state index is 12.1. The maximum absolute atomic E-state index is 12.1. The van der Waals surface area contributed by atoms with Crippen molar-refractivity contribution in [2.75, 3.05) is 17.3 Å². The quantitative estimate of drug-likeness (QED) is 0.846. The van der Waals surface area contributed by atoms with Crippen molar-refractivity contribution in [1.82, 2.24) is 5.32 Å². The van der Waals surface area contributed by atoms with E-state index in [1.165, 1.54) is 11.8 Å². The molecule has 1 aromatic carbocycles. The summed E-state index contributed by atoms with van der Waals surface area (Å²) in [7, 11) is -2.88. The molecular formula is C15H20ClNO3S2. The Bertz CT molecular complexity index is 616. The average Bonchev–Trinajstić information content (AvgIpc) is 2.83. The van der Waals surface area contributed by atoms with E-state index in [1.54, 1.807) is 0 Å². The van der Waals surface area contributed by atoms with Gasteiger partial charge in [-0.3, -0.25) is 4.79 Å². The summed E-state index contributed by atoms with van der Waals surface area (Å²) < 4.78 is 22.8. The highest BCUT2D eigenvalue weighted by Crippen LogP contribution is 2.25. The second kappa shape index (κ2) is 7.70. The molecule has 0 spiro atoms. The van der Waals surface area contributed by atoms with Gasteiger partial charge >= 0.3 is 0 Å². The number of thioether (sulfide) groups is 1. The van der Waals surface area contributed by atoms with Crippen molar-refractivity contribution >= 4 is 39.1 Å². The molecule has 0 bridgehead atoms. The van der Waals surface area contributed by atoms with E-state index in [4.69, 9.17) is 11.6 Å². The summed E-state index contributed by atoms with van der Waals surface area (Å²) in [6.45, 7) is 2.01. The molecule has 122 valence electrons. The van der Waals surface area contributed by atoms with Gasteiger partial charge in [-0.05, 0) is 30.5 Å². The molecule has 0 radical (unpaired) electrons. The molecule has 1 N–H and O–H groups in total. The van der Waals surface area contributed by atoms with E-state index >= 15 is 0 Å². The molecule has 0 aromatic heterocycles. The monoisotopic (exact) mass is 361 g/mol. The third-order valence-corrected chi connectivity index (χ3v) is 7.19. The van der Waals surface area contributed by atoms with Crippen molar-refractivity contribution in [2.45, 2.75) is 31.1 Å². The zero-order chi connectivity index (χ0) is 16.2. The SMILES string of the molecule is CCC(NC(=O)CSC1CCS(=O)(=O)C1)c1ccc(Cl)cc1. The molecule has 7 heteroatoms. The number of hydrogen-bond donors (Lipinski definition) is 1. The van der Waals surface area contributed by atoms with Crippen molar-refractivity contribution in [1.29, 1.82) is 0 Å². The normalized spacial score (nSPS) is 21.5. The number of carbonyl (C=O) groups is 1. The lowest BCUT2D eigenvalue weighted by Crippen LogP contribution is -2.30. The van der Waals surface area contributed by atoms with E-state index in [0.29, 0.717) is 17.2 Å². The summed E-state index contributed by atoms with van der Waals surface area (Å²) in [6.07, 6.45) is 1.44. The van der Waals surface area contributed by atoms with Crippen molar-refractivity contribution < 1.29 is 13.2 Å². The number of amides is 1. The molecule has 4 nitrogen and oxygen atoms in total. The van der Waals surface area contributed by atoms with Crippen LogP contribution in [0.3, 0.4) is 0 Å². The number of nitrogens with one attached hydrogen (secondary N) is 1. The Morgan fingerprint density at radius 1 is 1.41 bits per heavy atom. The molecule has 1 heterocycles. The predicted octanol–water partition coefficient (Wildman–Crippen LogP) is 2.83. The van der Waals surface area contributed by atoms with Crippen molar-refractivity contribution in [3.63, 3.8) is 0 Å². The molecule has 2 unspecified atom stereocenters. The first-order valence-electron chi connectivity index (χ1n) is 7.26. The van der Waals surface area contributed by atoms with E-state index in [-0.39, 0.29) is 28.7 Å². The third-order valence-electron chi connectivity index (χ3n) is 3.66. The van der Waals surface area contributed by atoms with Gasteiger partial charge < -0.3 is 5.32 Å². The second-order valence-corrected chi connectivity index (χ2v) is 9.37. The average molecular weight is 362 g/mol. The number of halogens is 1. The van der Waals surface area contributed by atoms with Crippen molar-refractivity contribution in [3.8, 4) is 0 Å². The Kier molecular flexibility index (Phi) is 6.17. The van der Waals surface area contributed by atoms with Gasteiger partial charge in [0.15, 0.2) is 9.84 Å². The van der Waals surface area contributed by atoms with E-state index < -0.39 is 9.84 Å². The molecule has 2 atom stereocenters. The Hall–Kier alpha value is -0.720. The third kappa shape index (κ3) is 5.18. The molecule has 0 aliphatic carbocycles. The first kappa shape index (κ1) is 17.6. The molecule has 22 heavy (non-hydrogen) atoms. The summed E-state index contributed by atoms with van der Waals surface area (Å²) >= 11 is 7.30. The molecule has 1 amide bonds. The largest absolute Gasteiger partial charge is 0.349 e. The van der Waals surface area contributed by atoms with Crippen LogP contribution in [0.15, 0.2) is 24.3 Å². The van der Waals surface area contributed by atoms with Crippen LogP contribution in [0.5, 0.6) is 0 Å². The van der Waals surface area contributed by atoms with Gasteiger partial charge in [-0.1, -0.05) is 30.7 Å². The lowest BCUT2D eigenvalue weighted by molar-refractivity contribution is -0.119. The second-order valence-electron chi connectivity index (χ2n) is 5.42. The van der Waals surface area contributed by atoms with Gasteiger partial charge in [0.25, 0.3) is 0 Å². The zero-order valence-corrected chi connectivity index (χ0v) is 14.8. The van der Waals surface area contributed by atoms with Gasteiger partial charge in [0, 0.05) is 10.3 Å². The molecule has 1 aliphatic rings. The summed E-state index contributed by atoms with van der Waals surface area (Å²) in [5, 5.41) is 3.71. The van der Waals surface area contributed by atoms with Crippen LogP contribution in [-0.4, -0.2) is 36.8 Å². The van der Waals surface area contributed by atoms with E-state index in [9.17, 15) is 13.2 Å². The van der Waals surface area contributed by atoms with Gasteiger partial charge in [-0.25, -0.2) is 8.42 Å². The highest BCUT2D eigenvalue weighted by Gasteiger charge is 2.28. The lowest BCUT2D eigenvalue weighted by atomic mass is 10.0. The van der Waals surface area contributed by atoms with E-state index in [1.807, 2.05) is 31.2 Å². The standard InChI is InChI=1S/C15H20ClNO3S2/c1-2-14(11-3-5-12(16)6-4-11)17-15(18)9-21-13-7-8-22(19,20)10-13/h3-6,13-14H,2,7-10H2,1H3,(H,17,18). The molecule has 1 aliphatic heterocycles. The topological polar surface area (TPSA) is 63.2 Å². The van der Waals surface area contributed by atoms with Crippen LogP contribution >= 0.6 is 23.4 Å². The fraction of sp³-hybridized carbons (Fsp3) is 0.533. The molecule has 1 saturated heterocycles. The summed E-state index contributed by atoms with van der Waals surface area (Å²) in [5.74, 6) is 0.675. The van der Waals surface area contributed by atoms with Crippen LogP contribution in [0.2, 0.25) is 5.02 Å². The number of carbonyl (C=O) groups excluding carboxylic acids is 1. The minimum absolute atomic E-state index is 0.0438. The van der Waals surface area contributed by atoms with Crippen LogP contribution in [0, 0.1) is 0 Å². The Labute approximate surface area is 140 Å². The molecule has 1 aromatic rings. The van der Waals surface area contributed by atoms with Crippen LogP contribution in [0.25, 0.3) is 0 Å². The summed E-state index contributed by atoms with van der Waals surface area (Å²) in [6, 6.07) is 7.40. The highest BCUT2D eigenvalue weighted by atomic mass is 35.5. The predicted molar refractivity (Wildman–Crippen MR) is 92.1 cm³/mol. The molecule has 0 saturated carbocycles. The van der Waals surface area contributed by atoms with Gasteiger partial charge in [-0.2, -0.15) is 0 Å². The number of sulfone groups is 1. The number of benzene rings is 1. The summed E-state index contributed by atoms with van der Waals surface area (Å²) in [5.41, 5.74) is 1.02. The zero-order valence-electron chi connectivity index (χ0n) is 12.4. The minimum Gasteiger partial charge on any atom is -0.349 e. The van der Waals surface area contributed by atoms with E-state index in [2.05, 4.69) is 5.32 Å². The van der Waals surface area contributed by atoms with Crippen molar-refractivity contribution in [2.24, 2.45) is 0 Å². The number of rotatable bonds is 6. The fourth-order valence-corrected chi connectivity index (χ4v) is 6.02. The lowest BCUT2D eigenvalue weighted by Gasteiger charge is -2.18. The first-order valence-corrected chi connectivity index (χ1v) is 10.5. The molecule has 1 fully saturated rings. The van der Waals surface area contributed by atoms with Crippen LogP contribution in [0.4, 0.5) is 0 Å². The van der Waals surface area contributed by atoms with Crippen LogP contribution in [-0.2, 0) is 14.6 Å². The molecule has 2 rings (SSSR count). The van der Waals surface area contributed by atoms with Crippen LogP contribution in [0.1, 0.15) is 31.4 Å². The Balaban J connectivity index is 1.83. The van der Waals surface area contributed by atoms with Crippen LogP contribution < -0.4 is 5.32 Å². The highest BCUT2D eigenvalue weighted by molar-refractivity contribution is 8.02. The fourth-order valence-electron chi connectivity index (χ4n) is 2.44. The van der Waals surface area contributed by atoms with Gasteiger partial charge in [0.05, 0.1) is 23.3 Å². The molecular weight excluding hydrogens is 342 g/mol. The van der Waals surface area contributed by atoms with E-state index in [0.717, 1.165) is 12.0 Å². The summed E-state index contributed by atoms with van der Waals surface area (Å²) in [4.78, 5) is 12.1. The van der Waals surface area contributed by atoms with Gasteiger partial charge in [0.2, 0.25) is 5.91 Å². The maximum Gasteiger partial charge on any atom is 0.230 e. The Morgan fingerprint density at radius 3 is 2.64 bits per heavy atom. The smallest absolute Gasteiger partial charge is 0.230 e. The number of hydrogen-bond acceptors (Lipinski definition) is 4. The van der Waals surface area contributed by atoms with Gasteiger partial charge in [0.1, 0.15) is 0 Å². The Morgan fingerprint density at radius 2 is 2.09 bits per heavy atom. The van der Waals surface area contributed by atoms with Gasteiger partial charge in [-0.15, -0.1) is 11.8 Å².